The fourth-order valence-electron chi connectivity index (χ4n) is 1.95. The summed E-state index contributed by atoms with van der Waals surface area (Å²) in [6.07, 6.45) is 5.35. The molecule has 0 atom stereocenters. The number of nitrogens with zero attached hydrogens (tertiary/aromatic N) is 2. The summed E-state index contributed by atoms with van der Waals surface area (Å²) in [6.45, 7) is 0. The largest absolute Gasteiger partial charge is 0.354 e. The second-order valence-corrected chi connectivity index (χ2v) is 4.55. The Kier molecular flexibility index (Phi) is 5.69. The van der Waals surface area contributed by atoms with E-state index in [0.29, 0.717) is 0 Å². The molecule has 22 heavy (non-hydrogen) atoms. The van der Waals surface area contributed by atoms with E-state index in [1.54, 1.807) is 12.4 Å². The van der Waals surface area contributed by atoms with Crippen molar-refractivity contribution in [3.8, 4) is 0 Å². The van der Waals surface area contributed by atoms with E-state index < -0.39 is 0 Å². The second kappa shape index (κ2) is 7.96. The Balaban J connectivity index is 0.00000176. The van der Waals surface area contributed by atoms with Crippen LogP contribution in [0.25, 0.3) is 0 Å². The molecule has 0 aliphatic heterocycles. The molecule has 0 saturated carbocycles. The molecule has 1 N–H and O–H groups in total. The van der Waals surface area contributed by atoms with Crippen molar-refractivity contribution in [3.05, 3.63) is 84.7 Å². The van der Waals surface area contributed by atoms with Crippen LogP contribution < -0.4 is 5.32 Å². The van der Waals surface area contributed by atoms with Gasteiger partial charge in [0.25, 0.3) is 0 Å². The van der Waals surface area contributed by atoms with Gasteiger partial charge in [-0.15, -0.1) is 12.4 Å². The first-order valence-electron chi connectivity index (χ1n) is 6.77. The minimum absolute atomic E-state index is 0. The summed E-state index contributed by atoms with van der Waals surface area (Å²) in [6, 6.07) is 22.0. The molecule has 0 unspecified atom stereocenters. The van der Waals surface area contributed by atoms with Crippen LogP contribution in [0.3, 0.4) is 0 Å². The number of rotatable bonds is 4. The standard InChI is InChI=1S/C18H15N3.ClH/c1-3-7-15(8-4-1)13-20-18-14-19-12-11-17(18)21-16-9-5-2-6-10-16;/h1-14H,(H,19,21);1H. The lowest BCUT2D eigenvalue weighted by Gasteiger charge is -2.08. The van der Waals surface area contributed by atoms with Crippen LogP contribution in [0.4, 0.5) is 17.1 Å². The van der Waals surface area contributed by atoms with Crippen LogP contribution in [0.5, 0.6) is 0 Å². The topological polar surface area (TPSA) is 37.3 Å². The molecule has 0 amide bonds. The van der Waals surface area contributed by atoms with Gasteiger partial charge in [0.15, 0.2) is 0 Å². The lowest BCUT2D eigenvalue weighted by molar-refractivity contribution is 1.30. The van der Waals surface area contributed by atoms with E-state index >= 15 is 0 Å². The van der Waals surface area contributed by atoms with Gasteiger partial charge < -0.3 is 5.32 Å². The Morgan fingerprint density at radius 2 is 1.55 bits per heavy atom. The van der Waals surface area contributed by atoms with Gasteiger partial charge in [-0.3, -0.25) is 9.98 Å². The number of benzene rings is 2. The van der Waals surface area contributed by atoms with E-state index in [9.17, 15) is 0 Å². The van der Waals surface area contributed by atoms with E-state index in [1.165, 1.54) is 0 Å². The predicted octanol–water partition coefficient (Wildman–Crippen LogP) is 5.00. The number of anilines is 2. The van der Waals surface area contributed by atoms with Crippen molar-refractivity contribution in [1.29, 1.82) is 0 Å². The highest BCUT2D eigenvalue weighted by Gasteiger charge is 2.00. The molecule has 110 valence electrons. The molecule has 2 aromatic carbocycles. The number of aliphatic imine (C=N–C) groups is 1. The van der Waals surface area contributed by atoms with Crippen molar-refractivity contribution in [2.75, 3.05) is 5.32 Å². The Labute approximate surface area is 136 Å². The molecule has 0 aliphatic carbocycles. The van der Waals surface area contributed by atoms with Gasteiger partial charge in [0.2, 0.25) is 0 Å². The summed E-state index contributed by atoms with van der Waals surface area (Å²) in [4.78, 5) is 8.67. The molecule has 1 heterocycles. The maximum Gasteiger partial charge on any atom is 0.105 e. The van der Waals surface area contributed by atoms with Crippen molar-refractivity contribution < 1.29 is 0 Å². The van der Waals surface area contributed by atoms with Gasteiger partial charge in [-0.2, -0.15) is 0 Å². The molecule has 1 aromatic heterocycles. The molecule has 0 saturated heterocycles. The van der Waals surface area contributed by atoms with Gasteiger partial charge in [0.05, 0.1) is 11.9 Å². The molecule has 0 fully saturated rings. The number of nitrogens with one attached hydrogen (secondary N) is 1. The first kappa shape index (κ1) is 15.7. The van der Waals surface area contributed by atoms with Crippen molar-refractivity contribution in [2.24, 2.45) is 4.99 Å². The lowest BCUT2D eigenvalue weighted by atomic mass is 10.2. The third kappa shape index (κ3) is 4.17. The number of aromatic nitrogens is 1. The summed E-state index contributed by atoms with van der Waals surface area (Å²) in [5.41, 5.74) is 3.83. The quantitative estimate of drug-likeness (QED) is 0.689. The molecule has 0 radical (unpaired) electrons. The Morgan fingerprint density at radius 3 is 2.27 bits per heavy atom. The van der Waals surface area contributed by atoms with Crippen LogP contribution in [0.15, 0.2) is 84.1 Å². The molecule has 0 bridgehead atoms. The zero-order valence-corrected chi connectivity index (χ0v) is 12.7. The summed E-state index contributed by atoms with van der Waals surface area (Å²) in [5, 5.41) is 3.36. The van der Waals surface area contributed by atoms with E-state index in [1.807, 2.05) is 72.9 Å². The normalized spacial score (nSPS) is 10.2. The van der Waals surface area contributed by atoms with Crippen LogP contribution in [-0.2, 0) is 0 Å². The van der Waals surface area contributed by atoms with E-state index in [-0.39, 0.29) is 12.4 Å². The Hall–Kier alpha value is -2.65. The molecule has 4 heteroatoms. The van der Waals surface area contributed by atoms with E-state index in [0.717, 1.165) is 22.6 Å². The van der Waals surface area contributed by atoms with E-state index in [4.69, 9.17) is 0 Å². The third-order valence-electron chi connectivity index (χ3n) is 3.01. The fraction of sp³-hybridized carbons (Fsp3) is 0. The van der Waals surface area contributed by atoms with Crippen LogP contribution in [0, 0.1) is 0 Å². The van der Waals surface area contributed by atoms with Gasteiger partial charge in [-0.05, 0) is 23.8 Å². The van der Waals surface area contributed by atoms with Gasteiger partial charge in [-0.25, -0.2) is 0 Å². The highest BCUT2D eigenvalue weighted by Crippen LogP contribution is 2.26. The van der Waals surface area contributed by atoms with Gasteiger partial charge in [-0.1, -0.05) is 48.5 Å². The number of halogens is 1. The average molecular weight is 310 g/mol. The molecule has 0 aliphatic rings. The summed E-state index contributed by atoms with van der Waals surface area (Å²) >= 11 is 0. The summed E-state index contributed by atoms with van der Waals surface area (Å²) in [7, 11) is 0. The molecular weight excluding hydrogens is 294 g/mol. The maximum atomic E-state index is 4.52. The van der Waals surface area contributed by atoms with Gasteiger partial charge in [0, 0.05) is 18.1 Å². The first-order chi connectivity index (χ1) is 10.4. The van der Waals surface area contributed by atoms with Crippen molar-refractivity contribution in [3.63, 3.8) is 0 Å². The van der Waals surface area contributed by atoms with Gasteiger partial charge >= 0.3 is 0 Å². The highest BCUT2D eigenvalue weighted by molar-refractivity contribution is 5.85. The van der Waals surface area contributed by atoms with Crippen LogP contribution in [0.2, 0.25) is 0 Å². The smallest absolute Gasteiger partial charge is 0.105 e. The molecule has 3 nitrogen and oxygen atoms in total. The van der Waals surface area contributed by atoms with Crippen molar-refractivity contribution >= 4 is 35.7 Å². The zero-order chi connectivity index (χ0) is 14.3. The molecular formula is C18H16ClN3. The summed E-state index contributed by atoms with van der Waals surface area (Å²) < 4.78 is 0. The second-order valence-electron chi connectivity index (χ2n) is 4.55. The Morgan fingerprint density at radius 1 is 0.864 bits per heavy atom. The Bertz CT molecular complexity index is 728. The molecule has 3 rings (SSSR count). The van der Waals surface area contributed by atoms with Crippen LogP contribution >= 0.6 is 12.4 Å². The predicted molar refractivity (Wildman–Crippen MR) is 94.9 cm³/mol. The molecule has 3 aromatic rings. The number of hydrogen-bond acceptors (Lipinski definition) is 3. The fourth-order valence-corrected chi connectivity index (χ4v) is 1.95. The number of pyridine rings is 1. The SMILES string of the molecule is C(=Nc1cnccc1Nc1ccccc1)c1ccccc1.Cl. The highest BCUT2D eigenvalue weighted by atomic mass is 35.5. The minimum Gasteiger partial charge on any atom is -0.354 e. The van der Waals surface area contributed by atoms with Crippen LogP contribution in [-0.4, -0.2) is 11.2 Å². The average Bonchev–Trinajstić information content (AvgIpc) is 2.56. The number of hydrogen-bond donors (Lipinski definition) is 1. The monoisotopic (exact) mass is 309 g/mol. The van der Waals surface area contributed by atoms with Crippen molar-refractivity contribution in [2.45, 2.75) is 0 Å². The van der Waals surface area contributed by atoms with Crippen molar-refractivity contribution in [1.82, 2.24) is 4.98 Å². The lowest BCUT2D eigenvalue weighted by Crippen LogP contribution is -1.91. The first-order valence-corrected chi connectivity index (χ1v) is 6.77. The van der Waals surface area contributed by atoms with Crippen LogP contribution in [0.1, 0.15) is 5.56 Å². The minimum atomic E-state index is 0. The third-order valence-corrected chi connectivity index (χ3v) is 3.01. The summed E-state index contributed by atoms with van der Waals surface area (Å²) in [5.74, 6) is 0. The zero-order valence-electron chi connectivity index (χ0n) is 11.9. The maximum absolute atomic E-state index is 4.52. The van der Waals surface area contributed by atoms with E-state index in [2.05, 4.69) is 15.3 Å². The van der Waals surface area contributed by atoms with Gasteiger partial charge in [0.1, 0.15) is 5.69 Å². The number of para-hydroxylation sites is 1. The molecule has 0 spiro atoms.